The van der Waals surface area contributed by atoms with Crippen LogP contribution in [0.1, 0.15) is 20.8 Å². The Balaban J connectivity index is 1.93. The first kappa shape index (κ1) is 25.3. The van der Waals surface area contributed by atoms with Crippen LogP contribution >= 0.6 is 11.6 Å². The molecule has 0 bridgehead atoms. The zero-order valence-electron chi connectivity index (χ0n) is 20.3. The molecule has 0 saturated carbocycles. The van der Waals surface area contributed by atoms with Gasteiger partial charge in [0.1, 0.15) is 17.3 Å². The van der Waals surface area contributed by atoms with E-state index in [1.807, 2.05) is 11.8 Å². The number of pyridine rings is 1. The van der Waals surface area contributed by atoms with E-state index in [2.05, 4.69) is 22.6 Å². The third kappa shape index (κ3) is 4.69. The minimum atomic E-state index is -0.886. The molecule has 1 atom stereocenters. The zero-order chi connectivity index (χ0) is 26.2. The standard InChI is InChI=1S/C26H26ClFN6O2/c1-5-21(35)32-10-11-33(16(2)13-32)24-18-12-19(27)22(17-8-6-7-9-20(17)28)30-23(18)34(25(36)31-24)15-26(3,4)14-29/h5-9,12,16H,1,10-11,13,15H2,2-4H3. The van der Waals surface area contributed by atoms with Gasteiger partial charge in [0.25, 0.3) is 0 Å². The van der Waals surface area contributed by atoms with Gasteiger partial charge in [-0.1, -0.05) is 30.3 Å². The van der Waals surface area contributed by atoms with E-state index in [0.717, 1.165) is 0 Å². The molecule has 1 aromatic carbocycles. The van der Waals surface area contributed by atoms with Gasteiger partial charge in [-0.2, -0.15) is 10.2 Å². The number of hydrogen-bond donors (Lipinski definition) is 0. The second-order valence-corrected chi connectivity index (χ2v) is 9.91. The largest absolute Gasteiger partial charge is 0.351 e. The lowest BCUT2D eigenvalue weighted by molar-refractivity contribution is -0.126. The summed E-state index contributed by atoms with van der Waals surface area (Å²) in [5.74, 6) is -0.273. The van der Waals surface area contributed by atoms with Gasteiger partial charge in [-0.3, -0.25) is 9.36 Å². The number of anilines is 1. The highest BCUT2D eigenvalue weighted by atomic mass is 35.5. The van der Waals surface area contributed by atoms with Crippen LogP contribution in [0.2, 0.25) is 5.02 Å². The number of aromatic nitrogens is 3. The van der Waals surface area contributed by atoms with Crippen molar-refractivity contribution in [3.05, 3.63) is 64.3 Å². The van der Waals surface area contributed by atoms with E-state index in [1.54, 1.807) is 43.0 Å². The molecule has 3 aromatic rings. The third-order valence-corrected chi connectivity index (χ3v) is 6.54. The molecule has 8 nitrogen and oxygen atoms in total. The topological polar surface area (TPSA) is 95.1 Å². The highest BCUT2D eigenvalue weighted by molar-refractivity contribution is 6.33. The van der Waals surface area contributed by atoms with Crippen molar-refractivity contribution in [2.24, 2.45) is 5.41 Å². The van der Waals surface area contributed by atoms with Crippen molar-refractivity contribution in [1.29, 1.82) is 5.26 Å². The smallest absolute Gasteiger partial charge is 0.350 e. The van der Waals surface area contributed by atoms with Crippen molar-refractivity contribution in [2.45, 2.75) is 33.4 Å². The molecule has 4 rings (SSSR count). The highest BCUT2D eigenvalue weighted by Gasteiger charge is 2.30. The Morgan fingerprint density at radius 2 is 2.06 bits per heavy atom. The number of fused-ring (bicyclic) bond motifs is 1. The van der Waals surface area contributed by atoms with Crippen LogP contribution in [0.5, 0.6) is 0 Å². The van der Waals surface area contributed by atoms with Crippen LogP contribution in [0.25, 0.3) is 22.3 Å². The number of carbonyl (C=O) groups is 1. The molecule has 36 heavy (non-hydrogen) atoms. The summed E-state index contributed by atoms with van der Waals surface area (Å²) in [4.78, 5) is 38.1. The molecule has 1 amide bonds. The Hall–Kier alpha value is -3.77. The molecule has 0 spiro atoms. The van der Waals surface area contributed by atoms with Crippen LogP contribution in [-0.2, 0) is 11.3 Å². The summed E-state index contributed by atoms with van der Waals surface area (Å²) >= 11 is 6.61. The van der Waals surface area contributed by atoms with E-state index in [0.29, 0.717) is 30.8 Å². The summed E-state index contributed by atoms with van der Waals surface area (Å²) in [5.41, 5.74) is -0.814. The summed E-state index contributed by atoms with van der Waals surface area (Å²) in [6.45, 7) is 10.2. The van der Waals surface area contributed by atoms with Crippen LogP contribution in [0.4, 0.5) is 10.2 Å². The zero-order valence-corrected chi connectivity index (χ0v) is 21.1. The predicted octanol–water partition coefficient (Wildman–Crippen LogP) is 4.02. The molecule has 2 aromatic heterocycles. The lowest BCUT2D eigenvalue weighted by atomic mass is 9.96. The first-order chi connectivity index (χ1) is 17.1. The fraction of sp³-hybridized carbons (Fsp3) is 0.346. The Labute approximate surface area is 213 Å². The maximum atomic E-state index is 14.6. The van der Waals surface area contributed by atoms with Gasteiger partial charge < -0.3 is 9.80 Å². The Morgan fingerprint density at radius 3 is 2.69 bits per heavy atom. The van der Waals surface area contributed by atoms with Gasteiger partial charge >= 0.3 is 5.69 Å². The average Bonchev–Trinajstić information content (AvgIpc) is 2.85. The number of hydrogen-bond acceptors (Lipinski definition) is 6. The van der Waals surface area contributed by atoms with Gasteiger partial charge in [0.15, 0.2) is 0 Å². The second-order valence-electron chi connectivity index (χ2n) is 9.50. The van der Waals surface area contributed by atoms with Crippen molar-refractivity contribution in [3.63, 3.8) is 0 Å². The van der Waals surface area contributed by atoms with Gasteiger partial charge in [0.2, 0.25) is 5.91 Å². The maximum Gasteiger partial charge on any atom is 0.351 e. The molecule has 1 fully saturated rings. The second kappa shape index (κ2) is 9.70. The minimum absolute atomic E-state index is 0.0363. The molecular weight excluding hydrogens is 483 g/mol. The number of piperazine rings is 1. The first-order valence-electron chi connectivity index (χ1n) is 11.5. The molecule has 1 aliphatic rings. The summed E-state index contributed by atoms with van der Waals surface area (Å²) in [5, 5.41) is 10.3. The summed E-state index contributed by atoms with van der Waals surface area (Å²) in [7, 11) is 0. The van der Waals surface area contributed by atoms with E-state index in [4.69, 9.17) is 11.6 Å². The summed E-state index contributed by atoms with van der Waals surface area (Å²) in [6.07, 6.45) is 1.28. The number of rotatable bonds is 5. The van der Waals surface area contributed by atoms with E-state index in [-0.39, 0.29) is 40.4 Å². The van der Waals surface area contributed by atoms with Crippen molar-refractivity contribution >= 4 is 34.4 Å². The quantitative estimate of drug-likeness (QED) is 0.483. The van der Waals surface area contributed by atoms with Gasteiger partial charge in [-0.15, -0.1) is 0 Å². The lowest BCUT2D eigenvalue weighted by Gasteiger charge is -2.40. The molecule has 1 aliphatic heterocycles. The van der Waals surface area contributed by atoms with Crippen molar-refractivity contribution in [2.75, 3.05) is 24.5 Å². The molecule has 0 aliphatic carbocycles. The SMILES string of the molecule is C=CC(=O)N1CCN(c2nc(=O)n(CC(C)(C)C#N)c3nc(-c4ccccc4F)c(Cl)cc23)C(C)C1. The first-order valence-corrected chi connectivity index (χ1v) is 11.9. The fourth-order valence-electron chi connectivity index (χ4n) is 4.39. The minimum Gasteiger partial charge on any atom is -0.350 e. The van der Waals surface area contributed by atoms with E-state index >= 15 is 0 Å². The molecule has 0 N–H and O–H groups in total. The van der Waals surface area contributed by atoms with E-state index in [1.165, 1.54) is 16.7 Å². The molecular formula is C26H26ClFN6O2. The number of benzene rings is 1. The maximum absolute atomic E-state index is 14.6. The molecule has 1 saturated heterocycles. The van der Waals surface area contributed by atoms with Crippen LogP contribution in [-0.4, -0.2) is 51.0 Å². The predicted molar refractivity (Wildman–Crippen MR) is 137 cm³/mol. The van der Waals surface area contributed by atoms with Gasteiger partial charge in [0.05, 0.1) is 27.6 Å². The summed E-state index contributed by atoms with van der Waals surface area (Å²) in [6, 6.07) is 9.80. The van der Waals surface area contributed by atoms with Gasteiger partial charge in [0, 0.05) is 37.8 Å². The summed E-state index contributed by atoms with van der Waals surface area (Å²) < 4.78 is 16.0. The van der Waals surface area contributed by atoms with Crippen molar-refractivity contribution < 1.29 is 9.18 Å². The van der Waals surface area contributed by atoms with Crippen LogP contribution in [0.15, 0.2) is 47.8 Å². The van der Waals surface area contributed by atoms with Crippen LogP contribution in [0.3, 0.4) is 0 Å². The highest BCUT2D eigenvalue weighted by Crippen LogP contribution is 2.35. The number of nitrogens with zero attached hydrogens (tertiary/aromatic N) is 6. The molecule has 1 unspecified atom stereocenters. The van der Waals surface area contributed by atoms with Crippen molar-refractivity contribution in [1.82, 2.24) is 19.4 Å². The Bertz CT molecular complexity index is 1460. The van der Waals surface area contributed by atoms with Gasteiger partial charge in [-0.05, 0) is 45.0 Å². The number of amides is 1. The number of carbonyl (C=O) groups excluding carboxylic acids is 1. The van der Waals surface area contributed by atoms with Crippen molar-refractivity contribution in [3.8, 4) is 17.3 Å². The van der Waals surface area contributed by atoms with E-state index < -0.39 is 16.9 Å². The van der Waals surface area contributed by atoms with Gasteiger partial charge in [-0.25, -0.2) is 14.2 Å². The lowest BCUT2D eigenvalue weighted by Crippen LogP contribution is -2.54. The molecule has 186 valence electrons. The number of nitriles is 1. The molecule has 10 heteroatoms. The molecule has 3 heterocycles. The number of halogens is 2. The third-order valence-electron chi connectivity index (χ3n) is 6.26. The Morgan fingerprint density at radius 1 is 1.33 bits per heavy atom. The van der Waals surface area contributed by atoms with E-state index in [9.17, 15) is 19.2 Å². The average molecular weight is 509 g/mol. The normalized spacial score (nSPS) is 16.2. The monoisotopic (exact) mass is 508 g/mol. The molecule has 0 radical (unpaired) electrons. The Kier molecular flexibility index (Phi) is 6.83. The van der Waals surface area contributed by atoms with Crippen LogP contribution in [0, 0.1) is 22.6 Å². The van der Waals surface area contributed by atoms with Crippen LogP contribution < -0.4 is 10.6 Å². The fourth-order valence-corrected chi connectivity index (χ4v) is 4.64.